The standard InChI is InChI=1S/C18H20N4O2/c1-11-9-14(16-12(2)21-22(3)17(16)20-11)18(23)19-10-13-7-5-6-8-15(13)24-4/h5-9H,10H2,1-4H3,(H,19,23). The second-order valence-electron chi connectivity index (χ2n) is 5.71. The lowest BCUT2D eigenvalue weighted by Gasteiger charge is -2.10. The number of hydrogen-bond donors (Lipinski definition) is 1. The quantitative estimate of drug-likeness (QED) is 0.801. The number of aryl methyl sites for hydroxylation is 3. The largest absolute Gasteiger partial charge is 0.496 e. The van der Waals surface area contributed by atoms with Gasteiger partial charge in [0.1, 0.15) is 5.75 Å². The van der Waals surface area contributed by atoms with E-state index >= 15 is 0 Å². The molecule has 124 valence electrons. The van der Waals surface area contributed by atoms with Crippen molar-refractivity contribution >= 4 is 16.9 Å². The van der Waals surface area contributed by atoms with E-state index in [2.05, 4.69) is 15.4 Å². The first-order valence-electron chi connectivity index (χ1n) is 7.72. The summed E-state index contributed by atoms with van der Waals surface area (Å²) < 4.78 is 7.02. The van der Waals surface area contributed by atoms with Crippen LogP contribution in [0.2, 0.25) is 0 Å². The van der Waals surface area contributed by atoms with Crippen molar-refractivity contribution < 1.29 is 9.53 Å². The van der Waals surface area contributed by atoms with Crippen LogP contribution in [0.1, 0.15) is 27.3 Å². The number of fused-ring (bicyclic) bond motifs is 1. The average Bonchev–Trinajstić information content (AvgIpc) is 2.86. The van der Waals surface area contributed by atoms with Gasteiger partial charge in [0.05, 0.1) is 23.8 Å². The van der Waals surface area contributed by atoms with E-state index in [1.807, 2.05) is 45.2 Å². The molecule has 0 unspecified atom stereocenters. The van der Waals surface area contributed by atoms with Gasteiger partial charge in [0.25, 0.3) is 5.91 Å². The van der Waals surface area contributed by atoms with Crippen LogP contribution in [0.4, 0.5) is 0 Å². The number of nitrogens with zero attached hydrogens (tertiary/aromatic N) is 3. The third-order valence-corrected chi connectivity index (χ3v) is 3.97. The van der Waals surface area contributed by atoms with Gasteiger partial charge in [0.15, 0.2) is 5.65 Å². The Morgan fingerprint density at radius 1 is 1.29 bits per heavy atom. The molecule has 0 atom stereocenters. The summed E-state index contributed by atoms with van der Waals surface area (Å²) in [4.78, 5) is 17.2. The first-order valence-corrected chi connectivity index (χ1v) is 7.72. The molecule has 1 amide bonds. The van der Waals surface area contributed by atoms with E-state index in [0.717, 1.165) is 33.7 Å². The topological polar surface area (TPSA) is 69.0 Å². The average molecular weight is 324 g/mol. The Balaban J connectivity index is 1.92. The van der Waals surface area contributed by atoms with Crippen molar-refractivity contribution in [1.82, 2.24) is 20.1 Å². The molecule has 0 fully saturated rings. The van der Waals surface area contributed by atoms with E-state index in [1.165, 1.54) is 0 Å². The normalized spacial score (nSPS) is 10.8. The van der Waals surface area contributed by atoms with Crippen LogP contribution in [-0.2, 0) is 13.6 Å². The highest BCUT2D eigenvalue weighted by atomic mass is 16.5. The van der Waals surface area contributed by atoms with Crippen molar-refractivity contribution in [3.8, 4) is 5.75 Å². The zero-order valence-corrected chi connectivity index (χ0v) is 14.3. The molecule has 0 aliphatic carbocycles. The van der Waals surface area contributed by atoms with Gasteiger partial charge in [0.2, 0.25) is 0 Å². The molecule has 3 rings (SSSR count). The van der Waals surface area contributed by atoms with Gasteiger partial charge in [-0.2, -0.15) is 5.10 Å². The van der Waals surface area contributed by atoms with Crippen LogP contribution >= 0.6 is 0 Å². The second kappa shape index (κ2) is 6.31. The van der Waals surface area contributed by atoms with Crippen molar-refractivity contribution in [2.24, 2.45) is 7.05 Å². The number of rotatable bonds is 4. The Morgan fingerprint density at radius 2 is 2.04 bits per heavy atom. The number of benzene rings is 1. The van der Waals surface area contributed by atoms with Crippen molar-refractivity contribution in [3.05, 3.63) is 52.8 Å². The summed E-state index contributed by atoms with van der Waals surface area (Å²) >= 11 is 0. The zero-order chi connectivity index (χ0) is 17.3. The van der Waals surface area contributed by atoms with Crippen LogP contribution in [0.25, 0.3) is 11.0 Å². The van der Waals surface area contributed by atoms with Gasteiger partial charge in [0, 0.05) is 24.8 Å². The lowest BCUT2D eigenvalue weighted by Crippen LogP contribution is -2.23. The van der Waals surface area contributed by atoms with Crippen molar-refractivity contribution in [2.45, 2.75) is 20.4 Å². The number of carbonyl (C=O) groups is 1. The predicted molar refractivity (Wildman–Crippen MR) is 92.1 cm³/mol. The van der Waals surface area contributed by atoms with Gasteiger partial charge in [-0.25, -0.2) is 4.98 Å². The van der Waals surface area contributed by atoms with Gasteiger partial charge in [-0.3, -0.25) is 9.48 Å². The third kappa shape index (κ3) is 2.82. The monoisotopic (exact) mass is 324 g/mol. The van der Waals surface area contributed by atoms with Crippen LogP contribution in [0.3, 0.4) is 0 Å². The number of hydrogen-bond acceptors (Lipinski definition) is 4. The summed E-state index contributed by atoms with van der Waals surface area (Å²) in [7, 11) is 3.45. The summed E-state index contributed by atoms with van der Waals surface area (Å²) in [5.41, 5.74) is 3.82. The Labute approximate surface area is 140 Å². The predicted octanol–water partition coefficient (Wildman–Crippen LogP) is 2.52. The van der Waals surface area contributed by atoms with Gasteiger partial charge in [-0.05, 0) is 26.0 Å². The summed E-state index contributed by atoms with van der Waals surface area (Å²) in [6.45, 7) is 4.15. The van der Waals surface area contributed by atoms with Gasteiger partial charge in [-0.1, -0.05) is 18.2 Å². The first kappa shape index (κ1) is 16.0. The Bertz CT molecular complexity index is 915. The van der Waals surface area contributed by atoms with Crippen molar-refractivity contribution in [2.75, 3.05) is 7.11 Å². The Kier molecular flexibility index (Phi) is 4.20. The highest BCUT2D eigenvalue weighted by Gasteiger charge is 2.17. The third-order valence-electron chi connectivity index (χ3n) is 3.97. The number of nitrogens with one attached hydrogen (secondary N) is 1. The fraction of sp³-hybridized carbons (Fsp3) is 0.278. The molecular formula is C18H20N4O2. The lowest BCUT2D eigenvalue weighted by molar-refractivity contribution is 0.0952. The first-order chi connectivity index (χ1) is 11.5. The van der Waals surface area contributed by atoms with Crippen LogP contribution in [-0.4, -0.2) is 27.8 Å². The fourth-order valence-corrected chi connectivity index (χ4v) is 2.87. The maximum Gasteiger partial charge on any atom is 0.252 e. The number of aromatic nitrogens is 3. The number of para-hydroxylation sites is 1. The van der Waals surface area contributed by atoms with Crippen LogP contribution < -0.4 is 10.1 Å². The summed E-state index contributed by atoms with van der Waals surface area (Å²) in [6, 6.07) is 9.43. The number of carbonyl (C=O) groups excluding carboxylic acids is 1. The summed E-state index contributed by atoms with van der Waals surface area (Å²) in [5, 5.41) is 8.13. The van der Waals surface area contributed by atoms with E-state index < -0.39 is 0 Å². The minimum absolute atomic E-state index is 0.146. The van der Waals surface area contributed by atoms with E-state index in [-0.39, 0.29) is 5.91 Å². The molecular weight excluding hydrogens is 304 g/mol. The molecule has 6 nitrogen and oxygen atoms in total. The number of pyridine rings is 1. The van der Waals surface area contributed by atoms with Gasteiger partial charge >= 0.3 is 0 Å². The maximum absolute atomic E-state index is 12.7. The molecule has 0 spiro atoms. The molecule has 0 aliphatic rings. The molecule has 0 bridgehead atoms. The molecule has 1 N–H and O–H groups in total. The SMILES string of the molecule is COc1ccccc1CNC(=O)c1cc(C)nc2c1c(C)nn2C. The zero-order valence-electron chi connectivity index (χ0n) is 14.3. The number of ether oxygens (including phenoxy) is 1. The molecule has 0 radical (unpaired) electrons. The minimum atomic E-state index is -0.146. The smallest absolute Gasteiger partial charge is 0.252 e. The number of amides is 1. The molecule has 0 aliphatic heterocycles. The van der Waals surface area contributed by atoms with Gasteiger partial charge in [-0.15, -0.1) is 0 Å². The fourth-order valence-electron chi connectivity index (χ4n) is 2.87. The van der Waals surface area contributed by atoms with Crippen LogP contribution in [0, 0.1) is 13.8 Å². The Hall–Kier alpha value is -2.89. The molecule has 2 heterocycles. The van der Waals surface area contributed by atoms with Crippen molar-refractivity contribution in [1.29, 1.82) is 0 Å². The van der Waals surface area contributed by atoms with Crippen LogP contribution in [0.15, 0.2) is 30.3 Å². The molecule has 24 heavy (non-hydrogen) atoms. The van der Waals surface area contributed by atoms with E-state index in [0.29, 0.717) is 12.1 Å². The molecule has 3 aromatic rings. The molecule has 0 saturated heterocycles. The molecule has 2 aromatic heterocycles. The highest BCUT2D eigenvalue weighted by Crippen LogP contribution is 2.22. The Morgan fingerprint density at radius 3 is 2.79 bits per heavy atom. The second-order valence-corrected chi connectivity index (χ2v) is 5.71. The van der Waals surface area contributed by atoms with Crippen LogP contribution in [0.5, 0.6) is 5.75 Å². The molecule has 0 saturated carbocycles. The van der Waals surface area contributed by atoms with Gasteiger partial charge < -0.3 is 10.1 Å². The van der Waals surface area contributed by atoms with E-state index in [1.54, 1.807) is 17.9 Å². The van der Waals surface area contributed by atoms with Crippen molar-refractivity contribution in [3.63, 3.8) is 0 Å². The summed E-state index contributed by atoms with van der Waals surface area (Å²) in [5.74, 6) is 0.610. The molecule has 1 aromatic carbocycles. The number of methoxy groups -OCH3 is 1. The highest BCUT2D eigenvalue weighted by molar-refractivity contribution is 6.06. The molecule has 6 heteroatoms. The maximum atomic E-state index is 12.7. The van der Waals surface area contributed by atoms with E-state index in [4.69, 9.17) is 4.74 Å². The lowest BCUT2D eigenvalue weighted by atomic mass is 10.1. The van der Waals surface area contributed by atoms with E-state index in [9.17, 15) is 4.79 Å². The summed E-state index contributed by atoms with van der Waals surface area (Å²) in [6.07, 6.45) is 0. The minimum Gasteiger partial charge on any atom is -0.496 e.